The van der Waals surface area contributed by atoms with E-state index < -0.39 is 5.60 Å². The fourth-order valence-corrected chi connectivity index (χ4v) is 3.14. The van der Waals surface area contributed by atoms with Gasteiger partial charge in [0.05, 0.1) is 19.2 Å². The Balaban J connectivity index is 1.91. The fraction of sp³-hybridized carbons (Fsp3) is 0.333. The summed E-state index contributed by atoms with van der Waals surface area (Å²) in [5.74, 6) is 0.800. The highest BCUT2D eigenvalue weighted by Crippen LogP contribution is 2.51. The number of nitrogens with zero attached hydrogens (tertiary/aromatic N) is 1. The van der Waals surface area contributed by atoms with Crippen LogP contribution in [0.25, 0.3) is 0 Å². The molecule has 5 radical (unpaired) electrons. The van der Waals surface area contributed by atoms with Crippen LogP contribution in [0.1, 0.15) is 25.5 Å². The van der Waals surface area contributed by atoms with Gasteiger partial charge in [-0.2, -0.15) is 0 Å². The summed E-state index contributed by atoms with van der Waals surface area (Å²) in [6.45, 7) is 4.28. The second-order valence-electron chi connectivity index (χ2n) is 5.53. The van der Waals surface area contributed by atoms with E-state index in [0.717, 1.165) is 17.4 Å². The molecule has 0 aromatic heterocycles. The zero-order chi connectivity index (χ0) is 15.7. The van der Waals surface area contributed by atoms with Gasteiger partial charge >= 0.3 is 0 Å². The predicted molar refractivity (Wildman–Crippen MR) is 83.1 cm³/mol. The molecule has 0 N–H and O–H groups in total. The van der Waals surface area contributed by atoms with Crippen molar-refractivity contribution in [2.24, 2.45) is 0 Å². The van der Waals surface area contributed by atoms with E-state index in [1.54, 1.807) is 12.0 Å². The van der Waals surface area contributed by atoms with Crippen molar-refractivity contribution in [1.29, 1.82) is 0 Å². The summed E-state index contributed by atoms with van der Waals surface area (Å²) in [6.07, 6.45) is 7.76. The van der Waals surface area contributed by atoms with Crippen LogP contribution in [0.15, 0.2) is 24.3 Å². The molecule has 1 amide bonds. The Morgan fingerprint density at radius 1 is 1.18 bits per heavy atom. The van der Waals surface area contributed by atoms with Crippen molar-refractivity contribution in [3.8, 4) is 5.75 Å². The zero-order valence-electron chi connectivity index (χ0n) is 13.1. The van der Waals surface area contributed by atoms with Gasteiger partial charge in [-0.15, -0.1) is 0 Å². The molecule has 1 saturated heterocycles. The molecule has 4 nitrogen and oxygen atoms in total. The summed E-state index contributed by atoms with van der Waals surface area (Å²) >= 11 is 0. The summed E-state index contributed by atoms with van der Waals surface area (Å²) < 4.78 is 11.0. The minimum absolute atomic E-state index is 0.00127. The third-order valence-electron chi connectivity index (χ3n) is 4.22. The van der Waals surface area contributed by atoms with Crippen molar-refractivity contribution >= 4 is 5.91 Å². The zero-order valence-corrected chi connectivity index (χ0v) is 13.1. The number of methoxy groups -OCH3 is 1. The summed E-state index contributed by atoms with van der Waals surface area (Å²) in [6, 6.07) is 8.57. The Hall–Kier alpha value is -1.55. The normalized spacial score (nSPS) is 28.8. The van der Waals surface area contributed by atoms with Crippen molar-refractivity contribution in [2.45, 2.75) is 25.5 Å². The van der Waals surface area contributed by atoms with E-state index in [-0.39, 0.29) is 11.9 Å². The SMILES string of the molecule is CCO[C@@]1(C)C(=O)N([C]2[CH][CH][CH][CH]2)[C@H]1c1ccc(OC)cc1. The quantitative estimate of drug-likeness (QED) is 0.785. The van der Waals surface area contributed by atoms with Crippen LogP contribution in [-0.4, -0.2) is 30.1 Å². The molecule has 2 atom stereocenters. The second-order valence-corrected chi connectivity index (χ2v) is 5.53. The minimum Gasteiger partial charge on any atom is -0.497 e. The molecule has 1 heterocycles. The first-order valence-corrected chi connectivity index (χ1v) is 7.45. The molecule has 4 heteroatoms. The summed E-state index contributed by atoms with van der Waals surface area (Å²) in [4.78, 5) is 14.5. The largest absolute Gasteiger partial charge is 0.497 e. The van der Waals surface area contributed by atoms with Crippen molar-refractivity contribution in [1.82, 2.24) is 4.90 Å². The number of carbonyl (C=O) groups excluding carboxylic acids is 1. The molecular formula is C18H20NO3. The lowest BCUT2D eigenvalue weighted by atomic mass is 9.77. The second kappa shape index (κ2) is 5.92. The van der Waals surface area contributed by atoms with E-state index in [1.165, 1.54) is 0 Å². The van der Waals surface area contributed by atoms with Gasteiger partial charge in [0.25, 0.3) is 5.91 Å². The van der Waals surface area contributed by atoms with Gasteiger partial charge in [0.1, 0.15) is 5.75 Å². The van der Waals surface area contributed by atoms with Crippen LogP contribution in [0.2, 0.25) is 0 Å². The van der Waals surface area contributed by atoms with Gasteiger partial charge in [-0.1, -0.05) is 12.1 Å². The van der Waals surface area contributed by atoms with E-state index in [2.05, 4.69) is 0 Å². The number of β-lactam (4-membered cyclic amide) rings is 1. The van der Waals surface area contributed by atoms with Gasteiger partial charge < -0.3 is 14.4 Å². The van der Waals surface area contributed by atoms with Crippen LogP contribution in [0, 0.1) is 31.7 Å². The van der Waals surface area contributed by atoms with Gasteiger partial charge in [-0.25, -0.2) is 0 Å². The average molecular weight is 298 g/mol. The van der Waals surface area contributed by atoms with Crippen molar-refractivity contribution < 1.29 is 14.3 Å². The maximum absolute atomic E-state index is 12.7. The Kier molecular flexibility index (Phi) is 4.13. The molecule has 115 valence electrons. The van der Waals surface area contributed by atoms with Crippen molar-refractivity contribution in [3.05, 3.63) is 61.6 Å². The fourth-order valence-electron chi connectivity index (χ4n) is 3.14. The monoisotopic (exact) mass is 298 g/mol. The molecular weight excluding hydrogens is 278 g/mol. The Labute approximate surface area is 132 Å². The molecule has 3 rings (SSSR count). The molecule has 1 aromatic rings. The molecule has 1 aromatic carbocycles. The number of rotatable bonds is 5. The lowest BCUT2D eigenvalue weighted by Gasteiger charge is -2.56. The van der Waals surface area contributed by atoms with Gasteiger partial charge in [-0.05, 0) is 57.2 Å². The number of hydrogen-bond donors (Lipinski definition) is 0. The smallest absolute Gasteiger partial charge is 0.258 e. The van der Waals surface area contributed by atoms with Gasteiger partial charge in [0.2, 0.25) is 0 Å². The van der Waals surface area contributed by atoms with Crippen molar-refractivity contribution in [2.75, 3.05) is 13.7 Å². The van der Waals surface area contributed by atoms with Crippen molar-refractivity contribution in [3.63, 3.8) is 0 Å². The first-order valence-electron chi connectivity index (χ1n) is 7.45. The molecule has 22 heavy (non-hydrogen) atoms. The number of likely N-dealkylation sites (tertiary alicyclic amines) is 1. The topological polar surface area (TPSA) is 38.8 Å². The molecule has 0 bridgehead atoms. The van der Waals surface area contributed by atoms with Gasteiger partial charge in [0.15, 0.2) is 5.60 Å². The minimum atomic E-state index is -0.819. The summed E-state index contributed by atoms with van der Waals surface area (Å²) in [5.41, 5.74) is 0.221. The Morgan fingerprint density at radius 2 is 1.82 bits per heavy atom. The van der Waals surface area contributed by atoms with Crippen LogP contribution in [0.5, 0.6) is 5.75 Å². The van der Waals surface area contributed by atoms with E-state index in [9.17, 15) is 4.79 Å². The van der Waals surface area contributed by atoms with Crippen LogP contribution in [0.4, 0.5) is 0 Å². The highest BCUT2D eigenvalue weighted by molar-refractivity contribution is 5.95. The molecule has 1 aliphatic carbocycles. The summed E-state index contributed by atoms with van der Waals surface area (Å²) in [7, 11) is 1.64. The highest BCUT2D eigenvalue weighted by atomic mass is 16.5. The van der Waals surface area contributed by atoms with Crippen LogP contribution in [-0.2, 0) is 9.53 Å². The Morgan fingerprint density at radius 3 is 2.36 bits per heavy atom. The lowest BCUT2D eigenvalue weighted by Crippen LogP contribution is -2.68. The van der Waals surface area contributed by atoms with E-state index in [1.807, 2.05) is 63.8 Å². The van der Waals surface area contributed by atoms with Gasteiger partial charge in [-0.3, -0.25) is 4.79 Å². The first kappa shape index (κ1) is 15.3. The standard InChI is InChI=1S/C18H20NO3/c1-4-22-18(2)16(13-9-11-15(21-3)12-10-13)19(17(18)20)14-7-5-6-8-14/h5-12,16H,4H2,1-3H3/t16-,18+/m0/s1. The Bertz CT molecular complexity index is 536. The number of ether oxygens (including phenoxy) is 2. The molecule has 1 saturated carbocycles. The number of benzene rings is 1. The summed E-state index contributed by atoms with van der Waals surface area (Å²) in [5, 5.41) is 0. The molecule has 0 spiro atoms. The molecule has 0 unspecified atom stereocenters. The first-order chi connectivity index (χ1) is 10.6. The van der Waals surface area contributed by atoms with E-state index in [4.69, 9.17) is 9.47 Å². The lowest BCUT2D eigenvalue weighted by molar-refractivity contribution is -0.198. The number of amides is 1. The highest BCUT2D eigenvalue weighted by Gasteiger charge is 2.61. The average Bonchev–Trinajstić information content (AvgIpc) is 3.06. The third kappa shape index (κ3) is 2.30. The van der Waals surface area contributed by atoms with Crippen LogP contribution >= 0.6 is 0 Å². The van der Waals surface area contributed by atoms with Crippen LogP contribution in [0.3, 0.4) is 0 Å². The van der Waals surface area contributed by atoms with Gasteiger partial charge in [0, 0.05) is 6.61 Å². The maximum atomic E-state index is 12.7. The third-order valence-corrected chi connectivity index (χ3v) is 4.22. The van der Waals surface area contributed by atoms with E-state index in [0.29, 0.717) is 6.61 Å². The molecule has 2 fully saturated rings. The maximum Gasteiger partial charge on any atom is 0.258 e. The van der Waals surface area contributed by atoms with E-state index >= 15 is 0 Å². The van der Waals surface area contributed by atoms with Crippen LogP contribution < -0.4 is 4.74 Å². The molecule has 1 aliphatic heterocycles. The number of hydrogen-bond acceptors (Lipinski definition) is 3. The predicted octanol–water partition coefficient (Wildman–Crippen LogP) is 2.74. The number of carbonyl (C=O) groups is 1. The molecule has 2 aliphatic rings.